The van der Waals surface area contributed by atoms with E-state index in [1.807, 2.05) is 30.3 Å². The van der Waals surface area contributed by atoms with E-state index in [1.54, 1.807) is 0 Å². The molecule has 0 aromatic heterocycles. The van der Waals surface area contributed by atoms with E-state index < -0.39 is 0 Å². The Kier molecular flexibility index (Phi) is 7.52. The van der Waals surface area contributed by atoms with Gasteiger partial charge in [-0.3, -0.25) is 4.79 Å². The maximum atomic E-state index is 13.3. The monoisotopic (exact) mass is 490 g/mol. The van der Waals surface area contributed by atoms with Crippen molar-refractivity contribution in [3.8, 4) is 0 Å². The second-order valence-electron chi connectivity index (χ2n) is 14.9. The number of fused-ring (bicyclic) bond motifs is 5. The fourth-order valence-electron chi connectivity index (χ4n) is 10.4. The first kappa shape index (κ1) is 26.5. The van der Waals surface area contributed by atoms with Crippen molar-refractivity contribution in [1.82, 2.24) is 0 Å². The largest absolute Gasteiger partial charge is 0.294 e. The highest BCUT2D eigenvalue weighted by Gasteiger charge is 2.60. The Bertz CT molecular complexity index is 902. The van der Waals surface area contributed by atoms with Gasteiger partial charge in [-0.15, -0.1) is 0 Å². The lowest BCUT2D eigenvalue weighted by Gasteiger charge is -2.61. The van der Waals surface area contributed by atoms with Crippen molar-refractivity contribution in [2.45, 2.75) is 112 Å². The molecule has 1 aromatic carbocycles. The number of hydrogen-bond acceptors (Lipinski definition) is 1. The highest BCUT2D eigenvalue weighted by molar-refractivity contribution is 5.97. The van der Waals surface area contributed by atoms with Crippen LogP contribution in [0.25, 0.3) is 0 Å². The van der Waals surface area contributed by atoms with Gasteiger partial charge in [0.1, 0.15) is 0 Å². The van der Waals surface area contributed by atoms with Crippen LogP contribution in [0.15, 0.2) is 30.3 Å². The van der Waals surface area contributed by atoms with Gasteiger partial charge in [0.25, 0.3) is 0 Å². The summed E-state index contributed by atoms with van der Waals surface area (Å²) in [6.45, 7) is 15.2. The topological polar surface area (TPSA) is 17.1 Å². The van der Waals surface area contributed by atoms with Crippen molar-refractivity contribution in [2.24, 2.45) is 64.1 Å². The molecule has 1 heteroatoms. The number of rotatable bonds is 7. The smallest absolute Gasteiger partial charge is 0.165 e. The second kappa shape index (κ2) is 10.2. The molecule has 0 radical (unpaired) electrons. The molecule has 1 nitrogen and oxygen atoms in total. The van der Waals surface area contributed by atoms with Gasteiger partial charge in [-0.05, 0) is 116 Å². The van der Waals surface area contributed by atoms with Crippen LogP contribution in [-0.2, 0) is 0 Å². The Balaban J connectivity index is 1.26. The Morgan fingerprint density at radius 3 is 2.25 bits per heavy atom. The Morgan fingerprint density at radius 1 is 0.833 bits per heavy atom. The first-order valence-electron chi connectivity index (χ1n) is 15.7. The van der Waals surface area contributed by atoms with Crippen LogP contribution in [-0.4, -0.2) is 5.78 Å². The Hall–Kier alpha value is -1.11. The molecule has 200 valence electrons. The lowest BCUT2D eigenvalue weighted by molar-refractivity contribution is -0.119. The van der Waals surface area contributed by atoms with Gasteiger partial charge < -0.3 is 0 Å². The maximum absolute atomic E-state index is 13.3. The zero-order valence-corrected chi connectivity index (χ0v) is 24.3. The van der Waals surface area contributed by atoms with Gasteiger partial charge in [-0.1, -0.05) is 84.7 Å². The molecular formula is C35H54O. The fourth-order valence-corrected chi connectivity index (χ4v) is 10.4. The molecule has 4 saturated carbocycles. The van der Waals surface area contributed by atoms with Gasteiger partial charge >= 0.3 is 0 Å². The summed E-state index contributed by atoms with van der Waals surface area (Å²) in [5.41, 5.74) is 1.97. The molecule has 0 saturated heterocycles. The molecule has 1 aromatic rings. The molecule has 0 heterocycles. The van der Waals surface area contributed by atoms with Crippen molar-refractivity contribution in [3.05, 3.63) is 35.9 Å². The number of carbonyl (C=O) groups is 1. The third-order valence-electron chi connectivity index (χ3n) is 13.1. The van der Waals surface area contributed by atoms with Crippen LogP contribution < -0.4 is 0 Å². The normalized spacial score (nSPS) is 41.8. The summed E-state index contributed by atoms with van der Waals surface area (Å²) < 4.78 is 0. The van der Waals surface area contributed by atoms with Gasteiger partial charge in [-0.2, -0.15) is 0 Å². The highest BCUT2D eigenvalue weighted by Crippen LogP contribution is 2.68. The quantitative estimate of drug-likeness (QED) is 0.347. The molecule has 0 N–H and O–H groups in total. The zero-order chi connectivity index (χ0) is 25.7. The van der Waals surface area contributed by atoms with Crippen molar-refractivity contribution in [1.29, 1.82) is 0 Å². The second-order valence-corrected chi connectivity index (χ2v) is 14.9. The van der Waals surface area contributed by atoms with E-state index in [-0.39, 0.29) is 5.92 Å². The van der Waals surface area contributed by atoms with Crippen molar-refractivity contribution in [2.75, 3.05) is 0 Å². The lowest BCUT2D eigenvalue weighted by atomic mass is 9.43. The van der Waals surface area contributed by atoms with Gasteiger partial charge in [0.2, 0.25) is 0 Å². The summed E-state index contributed by atoms with van der Waals surface area (Å²) in [5, 5.41) is 0. The highest BCUT2D eigenvalue weighted by atomic mass is 16.1. The van der Waals surface area contributed by atoms with E-state index in [4.69, 9.17) is 0 Å². The van der Waals surface area contributed by atoms with E-state index >= 15 is 0 Å². The summed E-state index contributed by atoms with van der Waals surface area (Å²) in [5.74, 6) is 7.69. The van der Waals surface area contributed by atoms with Crippen molar-refractivity contribution >= 4 is 5.78 Å². The summed E-state index contributed by atoms with van der Waals surface area (Å²) >= 11 is 0. The molecule has 4 aliphatic rings. The molecule has 0 spiro atoms. The molecule has 0 bridgehead atoms. The van der Waals surface area contributed by atoms with Crippen LogP contribution in [0.5, 0.6) is 0 Å². The van der Waals surface area contributed by atoms with Crippen LogP contribution in [0.1, 0.15) is 123 Å². The lowest BCUT2D eigenvalue weighted by Crippen LogP contribution is -2.54. The van der Waals surface area contributed by atoms with Crippen molar-refractivity contribution in [3.63, 3.8) is 0 Å². The third kappa shape index (κ3) is 4.53. The average Bonchev–Trinajstić information content (AvgIpc) is 3.24. The SMILES string of the molecule is CC(C)[C@@H](C)CC[C@@H](C)[C@H]1CC[C@H]2[C@@H]3CCC4CC(C(=O)c5ccccc5)CC[C@]4(C)[C@H]3CC[C@]12C. The summed E-state index contributed by atoms with van der Waals surface area (Å²) in [6, 6.07) is 10.1. The van der Waals surface area contributed by atoms with Gasteiger partial charge in [-0.25, -0.2) is 0 Å². The minimum atomic E-state index is 0.251. The van der Waals surface area contributed by atoms with E-state index in [0.29, 0.717) is 16.6 Å². The fraction of sp³-hybridized carbons (Fsp3) is 0.800. The molecule has 5 rings (SSSR count). The molecular weight excluding hydrogens is 436 g/mol. The molecule has 2 unspecified atom stereocenters. The number of hydrogen-bond donors (Lipinski definition) is 0. The first-order valence-corrected chi connectivity index (χ1v) is 15.7. The summed E-state index contributed by atoms with van der Waals surface area (Å²) in [4.78, 5) is 13.3. The minimum Gasteiger partial charge on any atom is -0.294 e. The van der Waals surface area contributed by atoms with Crippen LogP contribution in [0.4, 0.5) is 0 Å². The molecule has 36 heavy (non-hydrogen) atoms. The molecule has 0 aliphatic heterocycles. The third-order valence-corrected chi connectivity index (χ3v) is 13.1. The number of Topliss-reactive ketones (excluding diaryl/α,β-unsaturated/α-hetero) is 1. The minimum absolute atomic E-state index is 0.251. The molecule has 0 amide bonds. The Labute approximate surface area is 222 Å². The van der Waals surface area contributed by atoms with E-state index in [0.717, 1.165) is 65.7 Å². The molecule has 4 aliphatic carbocycles. The summed E-state index contributed by atoms with van der Waals surface area (Å²) in [7, 11) is 0. The predicted octanol–water partition coefficient (Wildman–Crippen LogP) is 9.85. The van der Waals surface area contributed by atoms with Crippen LogP contribution in [0, 0.1) is 64.1 Å². The van der Waals surface area contributed by atoms with E-state index in [9.17, 15) is 4.79 Å². The van der Waals surface area contributed by atoms with Gasteiger partial charge in [0.15, 0.2) is 5.78 Å². The van der Waals surface area contributed by atoms with E-state index in [2.05, 4.69) is 41.5 Å². The van der Waals surface area contributed by atoms with Crippen molar-refractivity contribution < 1.29 is 4.79 Å². The summed E-state index contributed by atoms with van der Waals surface area (Å²) in [6.07, 6.45) is 15.0. The zero-order valence-electron chi connectivity index (χ0n) is 24.3. The maximum Gasteiger partial charge on any atom is 0.165 e. The number of benzene rings is 1. The predicted molar refractivity (Wildman–Crippen MR) is 152 cm³/mol. The standard InChI is InChI=1S/C35H54O/c1-23(2)24(3)12-13-25(4)30-16-17-31-29-15-14-28-22-27(33(36)26-10-8-7-9-11-26)18-20-34(28,5)32(29)19-21-35(30,31)6/h7-11,23-25,27-32H,12-22H2,1-6H3/t24-,25+,27?,28?,29-,30+,31-,32-,34-,35+/m0/s1. The molecule has 10 atom stereocenters. The molecule has 4 fully saturated rings. The van der Waals surface area contributed by atoms with Crippen LogP contribution in [0.3, 0.4) is 0 Å². The van der Waals surface area contributed by atoms with Gasteiger partial charge in [0.05, 0.1) is 0 Å². The average molecular weight is 491 g/mol. The van der Waals surface area contributed by atoms with E-state index in [1.165, 1.54) is 57.8 Å². The van der Waals surface area contributed by atoms with Crippen LogP contribution in [0.2, 0.25) is 0 Å². The first-order chi connectivity index (χ1) is 17.1. The number of ketones is 1. The van der Waals surface area contributed by atoms with Crippen LogP contribution >= 0.6 is 0 Å². The number of carbonyl (C=O) groups excluding carboxylic acids is 1. The Morgan fingerprint density at radius 2 is 1.53 bits per heavy atom. The van der Waals surface area contributed by atoms with Gasteiger partial charge in [0, 0.05) is 11.5 Å².